The van der Waals surface area contributed by atoms with E-state index in [-0.39, 0.29) is 12.1 Å². The van der Waals surface area contributed by atoms with E-state index >= 15 is 0 Å². The van der Waals surface area contributed by atoms with Gasteiger partial charge in [-0.15, -0.1) is 0 Å². The average molecular weight is 415 g/mol. The van der Waals surface area contributed by atoms with Crippen molar-refractivity contribution in [2.45, 2.75) is 39.5 Å². The largest absolute Gasteiger partial charge is 0.489 e. The molecule has 7 heteroatoms. The monoisotopic (exact) mass is 414 g/mol. The number of halogens is 1. The van der Waals surface area contributed by atoms with Gasteiger partial charge in [-0.2, -0.15) is 0 Å². The SMILES string of the molecule is CC1=C(C(=O)OC(C)C)C(c2ccc(OCc3cccc(Cl)c3)cc2)NC(=O)N1. The maximum absolute atomic E-state index is 12.6. The molecule has 2 amide bonds. The number of esters is 1. The summed E-state index contributed by atoms with van der Waals surface area (Å²) in [5, 5.41) is 6.08. The molecule has 0 fully saturated rings. The highest BCUT2D eigenvalue weighted by molar-refractivity contribution is 6.30. The summed E-state index contributed by atoms with van der Waals surface area (Å²) in [6.45, 7) is 5.63. The first-order valence-corrected chi connectivity index (χ1v) is 9.67. The predicted octanol–water partition coefficient (Wildman–Crippen LogP) is 4.50. The van der Waals surface area contributed by atoms with Gasteiger partial charge in [0, 0.05) is 10.7 Å². The fourth-order valence-electron chi connectivity index (χ4n) is 3.04. The maximum atomic E-state index is 12.6. The molecule has 29 heavy (non-hydrogen) atoms. The van der Waals surface area contributed by atoms with Crippen molar-refractivity contribution in [3.8, 4) is 5.75 Å². The van der Waals surface area contributed by atoms with E-state index in [2.05, 4.69) is 10.6 Å². The topological polar surface area (TPSA) is 76.7 Å². The fourth-order valence-corrected chi connectivity index (χ4v) is 3.25. The van der Waals surface area contributed by atoms with Crippen LogP contribution in [-0.2, 0) is 16.1 Å². The molecule has 1 unspecified atom stereocenters. The summed E-state index contributed by atoms with van der Waals surface area (Å²) in [6, 6.07) is 13.7. The number of hydrogen-bond acceptors (Lipinski definition) is 4. The van der Waals surface area contributed by atoms with E-state index in [9.17, 15) is 9.59 Å². The van der Waals surface area contributed by atoms with Crippen LogP contribution in [-0.4, -0.2) is 18.1 Å². The van der Waals surface area contributed by atoms with Crippen LogP contribution in [0.1, 0.15) is 37.9 Å². The Bertz CT molecular complexity index is 938. The summed E-state index contributed by atoms with van der Waals surface area (Å²) in [5.41, 5.74) is 2.58. The van der Waals surface area contributed by atoms with Crippen molar-refractivity contribution < 1.29 is 19.1 Å². The standard InChI is InChI=1S/C22H23ClN2O4/c1-13(2)29-21(26)19-14(3)24-22(27)25-20(19)16-7-9-18(10-8-16)28-12-15-5-4-6-17(23)11-15/h4-11,13,20H,12H2,1-3H3,(H2,24,25,27). The van der Waals surface area contributed by atoms with Crippen molar-refractivity contribution in [2.75, 3.05) is 0 Å². The Morgan fingerprint density at radius 2 is 1.90 bits per heavy atom. The molecule has 3 rings (SSSR count). The number of urea groups is 1. The number of nitrogens with one attached hydrogen (secondary N) is 2. The molecule has 0 aliphatic carbocycles. The van der Waals surface area contributed by atoms with Gasteiger partial charge in [-0.1, -0.05) is 35.9 Å². The number of amides is 2. The Kier molecular flexibility index (Phi) is 6.44. The van der Waals surface area contributed by atoms with Gasteiger partial charge < -0.3 is 20.1 Å². The van der Waals surface area contributed by atoms with Crippen molar-refractivity contribution >= 4 is 23.6 Å². The summed E-state index contributed by atoms with van der Waals surface area (Å²) in [4.78, 5) is 24.5. The van der Waals surface area contributed by atoms with Crippen LogP contribution in [0, 0.1) is 0 Å². The summed E-state index contributed by atoms with van der Waals surface area (Å²) in [7, 11) is 0. The Morgan fingerprint density at radius 1 is 1.17 bits per heavy atom. The Hall–Kier alpha value is -2.99. The molecule has 1 heterocycles. The molecule has 0 saturated heterocycles. The number of benzene rings is 2. The second kappa shape index (κ2) is 9.01. The zero-order valence-electron chi connectivity index (χ0n) is 16.5. The highest BCUT2D eigenvalue weighted by atomic mass is 35.5. The van der Waals surface area contributed by atoms with Gasteiger partial charge in [-0.3, -0.25) is 0 Å². The van der Waals surface area contributed by atoms with Crippen LogP contribution < -0.4 is 15.4 Å². The Morgan fingerprint density at radius 3 is 2.55 bits per heavy atom. The van der Waals surface area contributed by atoms with Gasteiger partial charge in [0.2, 0.25) is 0 Å². The summed E-state index contributed by atoms with van der Waals surface area (Å²) >= 11 is 5.99. The van der Waals surface area contributed by atoms with Crippen LogP contribution in [0.15, 0.2) is 59.8 Å². The molecule has 2 N–H and O–H groups in total. The quantitative estimate of drug-likeness (QED) is 0.682. The molecule has 152 valence electrons. The fraction of sp³-hybridized carbons (Fsp3) is 0.273. The normalized spacial score (nSPS) is 16.3. The van der Waals surface area contributed by atoms with Crippen LogP contribution in [0.25, 0.3) is 0 Å². The van der Waals surface area contributed by atoms with Crippen molar-refractivity contribution in [2.24, 2.45) is 0 Å². The van der Waals surface area contributed by atoms with E-state index in [1.807, 2.05) is 36.4 Å². The number of ether oxygens (including phenoxy) is 2. The van der Waals surface area contributed by atoms with Crippen LogP contribution in [0.4, 0.5) is 4.79 Å². The molecule has 0 radical (unpaired) electrons. The maximum Gasteiger partial charge on any atom is 0.338 e. The molecule has 0 aromatic heterocycles. The predicted molar refractivity (Wildman–Crippen MR) is 111 cm³/mol. The van der Waals surface area contributed by atoms with E-state index in [1.165, 1.54) is 0 Å². The third-order valence-electron chi connectivity index (χ3n) is 4.34. The molecule has 0 bridgehead atoms. The van der Waals surface area contributed by atoms with Gasteiger partial charge in [0.1, 0.15) is 12.4 Å². The molecule has 0 saturated carbocycles. The number of carbonyl (C=O) groups excluding carboxylic acids is 2. The van der Waals surface area contributed by atoms with E-state index < -0.39 is 12.0 Å². The first kappa shape index (κ1) is 20.7. The molecule has 2 aromatic carbocycles. The van der Waals surface area contributed by atoms with Gasteiger partial charge in [0.25, 0.3) is 0 Å². The van der Waals surface area contributed by atoms with Crippen molar-refractivity contribution in [3.63, 3.8) is 0 Å². The summed E-state index contributed by atoms with van der Waals surface area (Å²) in [5.74, 6) is 0.206. The van der Waals surface area contributed by atoms with Crippen LogP contribution in [0.2, 0.25) is 5.02 Å². The van der Waals surface area contributed by atoms with E-state index in [0.29, 0.717) is 28.6 Å². The highest BCUT2D eigenvalue weighted by Crippen LogP contribution is 2.29. The lowest BCUT2D eigenvalue weighted by Crippen LogP contribution is -2.45. The number of hydrogen-bond donors (Lipinski definition) is 2. The number of allylic oxidation sites excluding steroid dienone is 1. The second-order valence-electron chi connectivity index (χ2n) is 7.01. The van der Waals surface area contributed by atoms with E-state index in [0.717, 1.165) is 11.1 Å². The van der Waals surface area contributed by atoms with Crippen LogP contribution in [0.5, 0.6) is 5.75 Å². The zero-order valence-corrected chi connectivity index (χ0v) is 17.2. The van der Waals surface area contributed by atoms with Crippen LogP contribution in [0.3, 0.4) is 0 Å². The Labute approximate surface area is 174 Å². The highest BCUT2D eigenvalue weighted by Gasteiger charge is 2.32. The lowest BCUT2D eigenvalue weighted by molar-refractivity contribution is -0.143. The first-order chi connectivity index (χ1) is 13.8. The van der Waals surface area contributed by atoms with Gasteiger partial charge in [-0.05, 0) is 56.2 Å². The van der Waals surface area contributed by atoms with Gasteiger partial charge >= 0.3 is 12.0 Å². The molecule has 2 aromatic rings. The Balaban J connectivity index is 1.76. The summed E-state index contributed by atoms with van der Waals surface area (Å²) < 4.78 is 11.1. The third-order valence-corrected chi connectivity index (χ3v) is 4.57. The first-order valence-electron chi connectivity index (χ1n) is 9.30. The molecule has 1 atom stereocenters. The lowest BCUT2D eigenvalue weighted by atomic mass is 9.95. The minimum absolute atomic E-state index is 0.261. The molecule has 1 aliphatic heterocycles. The minimum Gasteiger partial charge on any atom is -0.489 e. The van der Waals surface area contributed by atoms with Crippen molar-refractivity contribution in [3.05, 3.63) is 76.0 Å². The van der Waals surface area contributed by atoms with Gasteiger partial charge in [0.15, 0.2) is 0 Å². The number of rotatable bonds is 6. The van der Waals surface area contributed by atoms with E-state index in [1.54, 1.807) is 32.9 Å². The molecule has 6 nitrogen and oxygen atoms in total. The average Bonchev–Trinajstić information content (AvgIpc) is 2.65. The van der Waals surface area contributed by atoms with E-state index in [4.69, 9.17) is 21.1 Å². The molecular formula is C22H23ClN2O4. The minimum atomic E-state index is -0.600. The summed E-state index contributed by atoms with van der Waals surface area (Å²) in [6.07, 6.45) is -0.261. The van der Waals surface area contributed by atoms with Gasteiger partial charge in [-0.25, -0.2) is 9.59 Å². The smallest absolute Gasteiger partial charge is 0.338 e. The third kappa shape index (κ3) is 5.29. The van der Waals surface area contributed by atoms with Gasteiger partial charge in [0.05, 0.1) is 17.7 Å². The molecular weight excluding hydrogens is 392 g/mol. The molecule has 1 aliphatic rings. The number of carbonyl (C=O) groups is 2. The zero-order chi connectivity index (χ0) is 21.0. The molecule has 0 spiro atoms. The van der Waals surface area contributed by atoms with Crippen molar-refractivity contribution in [1.82, 2.24) is 10.6 Å². The van der Waals surface area contributed by atoms with Crippen molar-refractivity contribution in [1.29, 1.82) is 0 Å². The lowest BCUT2D eigenvalue weighted by Gasteiger charge is -2.28. The second-order valence-corrected chi connectivity index (χ2v) is 7.45. The van der Waals surface area contributed by atoms with Crippen LogP contribution >= 0.6 is 11.6 Å².